The molecule has 3 atom stereocenters. The molecule has 3 aliphatic rings. The van der Waals surface area contributed by atoms with Gasteiger partial charge in [-0.2, -0.15) is 18.4 Å². The van der Waals surface area contributed by atoms with Gasteiger partial charge in [0.1, 0.15) is 5.52 Å². The van der Waals surface area contributed by atoms with Crippen LogP contribution in [0.1, 0.15) is 72.3 Å². The minimum atomic E-state index is -4.52. The molecule has 0 spiro atoms. The highest BCUT2D eigenvalue weighted by Gasteiger charge is 2.45. The number of halogens is 6. The minimum absolute atomic E-state index is 0.00993. The molecule has 0 radical (unpaired) electrons. The quantitative estimate of drug-likeness (QED) is 0.151. The first-order valence-electron chi connectivity index (χ1n) is 18.2. The number of fused-ring (bicyclic) bond motifs is 3. The number of pyridine rings is 1. The molecule has 13 heteroatoms. The van der Waals surface area contributed by atoms with Crippen molar-refractivity contribution in [2.24, 2.45) is 5.92 Å². The molecule has 280 valence electrons. The van der Waals surface area contributed by atoms with Gasteiger partial charge in [-0.25, -0.2) is 9.37 Å². The predicted octanol–water partition coefficient (Wildman–Crippen LogP) is 9.89. The highest BCUT2D eigenvalue weighted by Crippen LogP contribution is 2.46. The molecule has 5 aromatic rings. The van der Waals surface area contributed by atoms with E-state index in [2.05, 4.69) is 16.0 Å². The van der Waals surface area contributed by atoms with Crippen LogP contribution in [0.2, 0.25) is 10.0 Å². The Morgan fingerprint density at radius 2 is 1.87 bits per heavy atom. The Bertz CT molecular complexity index is 2330. The Morgan fingerprint density at radius 3 is 2.59 bits per heavy atom. The number of aromatic nitrogens is 2. The number of carbonyl (C=O) groups is 1. The molecule has 7 nitrogen and oxygen atoms in total. The average molecular weight is 779 g/mol. The number of rotatable bonds is 9. The number of hydrogen-bond acceptors (Lipinski definition) is 5. The third-order valence-corrected chi connectivity index (χ3v) is 11.9. The van der Waals surface area contributed by atoms with E-state index in [0.717, 1.165) is 48.5 Å². The summed E-state index contributed by atoms with van der Waals surface area (Å²) < 4.78 is 67.0. The molecule has 4 heterocycles. The molecule has 2 saturated heterocycles. The van der Waals surface area contributed by atoms with Gasteiger partial charge in [0.15, 0.2) is 5.82 Å². The fourth-order valence-electron chi connectivity index (χ4n) is 8.33. The van der Waals surface area contributed by atoms with Crippen molar-refractivity contribution in [3.8, 4) is 17.2 Å². The van der Waals surface area contributed by atoms with Crippen molar-refractivity contribution in [1.82, 2.24) is 19.8 Å². The number of carbonyl (C=O) groups excluding carboxylic acids is 1. The average Bonchev–Trinajstić information content (AvgIpc) is 3.50. The van der Waals surface area contributed by atoms with Gasteiger partial charge in [0, 0.05) is 71.2 Å². The van der Waals surface area contributed by atoms with E-state index >= 15 is 4.39 Å². The van der Waals surface area contributed by atoms with Gasteiger partial charge in [-0.05, 0) is 74.5 Å². The van der Waals surface area contributed by atoms with Crippen molar-refractivity contribution in [3.63, 3.8) is 0 Å². The van der Waals surface area contributed by atoms with Gasteiger partial charge in [0.05, 0.1) is 45.9 Å². The highest BCUT2D eigenvalue weighted by atomic mass is 35.5. The van der Waals surface area contributed by atoms with E-state index in [9.17, 15) is 23.2 Å². The van der Waals surface area contributed by atoms with Crippen molar-refractivity contribution in [1.29, 1.82) is 5.26 Å². The van der Waals surface area contributed by atoms with Gasteiger partial charge in [-0.15, -0.1) is 0 Å². The van der Waals surface area contributed by atoms with Crippen LogP contribution in [0, 0.1) is 30.0 Å². The minimum Gasteiger partial charge on any atom is -0.372 e. The van der Waals surface area contributed by atoms with Gasteiger partial charge in [-0.3, -0.25) is 4.79 Å². The fraction of sp³-hybridized carbons (Fsp3) is 0.390. The van der Waals surface area contributed by atoms with Crippen LogP contribution in [0.3, 0.4) is 0 Å². The number of aryl methyl sites for hydroxylation is 2. The van der Waals surface area contributed by atoms with Gasteiger partial charge < -0.3 is 19.5 Å². The molecular weight excluding hydrogens is 741 g/mol. The molecule has 1 N–H and O–H groups in total. The molecule has 1 amide bonds. The van der Waals surface area contributed by atoms with Crippen LogP contribution in [0.15, 0.2) is 54.6 Å². The van der Waals surface area contributed by atoms with Gasteiger partial charge in [0.25, 0.3) is 0 Å². The number of likely N-dealkylation sites (tertiary alicyclic amines) is 1. The fourth-order valence-corrected chi connectivity index (χ4v) is 8.72. The van der Waals surface area contributed by atoms with E-state index in [1.54, 1.807) is 24.3 Å². The topological polar surface area (TPSA) is 83.2 Å². The van der Waals surface area contributed by atoms with Crippen molar-refractivity contribution in [3.05, 3.63) is 98.5 Å². The molecule has 3 aromatic carbocycles. The summed E-state index contributed by atoms with van der Waals surface area (Å²) in [5, 5.41) is 14.9. The summed E-state index contributed by atoms with van der Waals surface area (Å²) in [6.07, 6.45) is -1.87. The Balaban J connectivity index is 1.28. The third kappa shape index (κ3) is 6.61. The highest BCUT2D eigenvalue weighted by molar-refractivity contribution is 6.43. The second kappa shape index (κ2) is 14.5. The zero-order valence-electron chi connectivity index (χ0n) is 29.4. The second-order valence-corrected chi connectivity index (χ2v) is 15.3. The number of nitrogens with zero attached hydrogens (tertiary/aromatic N) is 4. The smallest absolute Gasteiger partial charge is 0.372 e. The van der Waals surface area contributed by atoms with Crippen molar-refractivity contribution >= 4 is 50.9 Å². The van der Waals surface area contributed by atoms with Gasteiger partial charge >= 0.3 is 6.18 Å². The lowest BCUT2D eigenvalue weighted by Gasteiger charge is -2.28. The summed E-state index contributed by atoms with van der Waals surface area (Å²) in [6, 6.07) is 16.1. The molecule has 2 aliphatic heterocycles. The predicted molar refractivity (Wildman–Crippen MR) is 200 cm³/mol. The standard InChI is InChI=1S/C41H37Cl2F4N5O2/c1-22-29-18-34(33-17-27(20-51(33)40(53)23-11-12-23)54-21-25-6-2-3-9-31(25)41(45,46)47)52(26-13-15-49-19-26)39(29)30-16-24(7-5-14-48)35(37(44)38(30)50-22)28-8-4-10-32(42)36(28)43/h2-4,6,8-10,16,18,23,26-27,33,49H,5,7,11-13,15,17,19-21H2,1H3/t26-,27-,33+/m0/s1. The van der Waals surface area contributed by atoms with E-state index in [1.807, 2.05) is 24.0 Å². The number of hydrogen-bond donors (Lipinski definition) is 1. The molecular formula is C41H37Cl2F4N5O2. The summed E-state index contributed by atoms with van der Waals surface area (Å²) in [7, 11) is 0. The van der Waals surface area contributed by atoms with Crippen LogP contribution in [-0.2, 0) is 28.7 Å². The van der Waals surface area contributed by atoms with Crippen LogP contribution < -0.4 is 5.32 Å². The summed E-state index contributed by atoms with van der Waals surface area (Å²) in [5.41, 5.74) is 2.96. The summed E-state index contributed by atoms with van der Waals surface area (Å²) in [5.74, 6) is -0.649. The summed E-state index contributed by atoms with van der Waals surface area (Å²) >= 11 is 13.0. The zero-order valence-corrected chi connectivity index (χ0v) is 31.0. The second-order valence-electron chi connectivity index (χ2n) is 14.5. The Morgan fingerprint density at radius 1 is 1.07 bits per heavy atom. The molecule has 54 heavy (non-hydrogen) atoms. The SMILES string of the molecule is Cc1nc2c(F)c(-c3cccc(Cl)c3Cl)c(CCC#N)cc2c2c1cc([C@H]1C[C@H](OCc3ccccc3C(F)(F)F)CN1C(=O)C1CC1)n2[C@H]1CCNC1. The van der Waals surface area contributed by atoms with Crippen LogP contribution in [0.4, 0.5) is 17.6 Å². The van der Waals surface area contributed by atoms with E-state index in [4.69, 9.17) is 32.9 Å². The maximum absolute atomic E-state index is 17.1. The summed E-state index contributed by atoms with van der Waals surface area (Å²) in [4.78, 5) is 20.6. The molecule has 0 bridgehead atoms. The van der Waals surface area contributed by atoms with Crippen molar-refractivity contribution < 1.29 is 27.1 Å². The molecule has 1 saturated carbocycles. The Hall–Kier alpha value is -4.21. The largest absolute Gasteiger partial charge is 0.416 e. The Kier molecular flexibility index (Phi) is 9.84. The lowest BCUT2D eigenvalue weighted by Crippen LogP contribution is -2.34. The zero-order chi connectivity index (χ0) is 37.9. The van der Waals surface area contributed by atoms with Crippen LogP contribution in [-0.4, -0.2) is 46.1 Å². The van der Waals surface area contributed by atoms with Gasteiger partial charge in [-0.1, -0.05) is 53.5 Å². The van der Waals surface area contributed by atoms with Gasteiger partial charge in [0.2, 0.25) is 5.91 Å². The lowest BCUT2D eigenvalue weighted by atomic mass is 9.93. The lowest BCUT2D eigenvalue weighted by molar-refractivity contribution is -0.139. The van der Waals surface area contributed by atoms with E-state index < -0.39 is 29.7 Å². The third-order valence-electron chi connectivity index (χ3n) is 11.1. The van der Waals surface area contributed by atoms with E-state index in [0.29, 0.717) is 35.2 Å². The number of amides is 1. The maximum Gasteiger partial charge on any atom is 0.416 e. The van der Waals surface area contributed by atoms with Crippen LogP contribution in [0.5, 0.6) is 0 Å². The molecule has 8 rings (SSSR count). The molecule has 3 fully saturated rings. The van der Waals surface area contributed by atoms with Crippen LogP contribution >= 0.6 is 23.2 Å². The first-order valence-corrected chi connectivity index (χ1v) is 19.0. The normalized spacial score (nSPS) is 20.3. The number of nitrogens with one attached hydrogen (secondary N) is 1. The molecule has 1 aliphatic carbocycles. The van der Waals surface area contributed by atoms with E-state index in [1.165, 1.54) is 12.1 Å². The summed E-state index contributed by atoms with van der Waals surface area (Å²) in [6.45, 7) is 3.25. The van der Waals surface area contributed by atoms with Crippen molar-refractivity contribution in [2.75, 3.05) is 19.6 Å². The first kappa shape index (κ1) is 36.8. The molecule has 2 aromatic heterocycles. The van der Waals surface area contributed by atoms with Crippen LogP contribution in [0.25, 0.3) is 32.9 Å². The number of ether oxygens (including phenoxy) is 1. The number of benzene rings is 3. The number of nitriles is 1. The molecule has 0 unspecified atom stereocenters. The number of alkyl halides is 3. The first-order chi connectivity index (χ1) is 26.0. The monoisotopic (exact) mass is 777 g/mol. The van der Waals surface area contributed by atoms with Crippen molar-refractivity contribution in [2.45, 2.75) is 76.4 Å². The maximum atomic E-state index is 17.1. The van der Waals surface area contributed by atoms with E-state index in [-0.39, 0.29) is 70.5 Å². The Labute approximate surface area is 319 Å².